The molecular weight excluding hydrogens is 217 g/mol. The number of rotatable bonds is 1. The molecule has 2 aliphatic heterocycles. The molecular formula is C14H18FNO. The monoisotopic (exact) mass is 235 g/mol. The van der Waals surface area contributed by atoms with Gasteiger partial charge in [-0.05, 0) is 37.4 Å². The molecule has 2 nitrogen and oxygen atoms in total. The molecule has 0 spiro atoms. The second kappa shape index (κ2) is 4.30. The van der Waals surface area contributed by atoms with Crippen LogP contribution in [-0.2, 0) is 13.0 Å². The summed E-state index contributed by atoms with van der Waals surface area (Å²) in [4.78, 5) is 2.43. The smallest absolute Gasteiger partial charge is 0.131 e. The summed E-state index contributed by atoms with van der Waals surface area (Å²) >= 11 is 0. The van der Waals surface area contributed by atoms with E-state index in [4.69, 9.17) is 4.74 Å². The van der Waals surface area contributed by atoms with E-state index in [2.05, 4.69) is 4.90 Å². The van der Waals surface area contributed by atoms with E-state index in [1.807, 2.05) is 6.07 Å². The molecule has 2 heterocycles. The predicted molar refractivity (Wildman–Crippen MR) is 64.7 cm³/mol. The molecule has 17 heavy (non-hydrogen) atoms. The third-order valence-corrected chi connectivity index (χ3v) is 4.06. The van der Waals surface area contributed by atoms with Crippen molar-refractivity contribution < 1.29 is 9.13 Å². The molecule has 3 heteroatoms. The van der Waals surface area contributed by atoms with E-state index in [0.29, 0.717) is 11.8 Å². The number of halogens is 1. The number of methoxy groups -OCH3 is 1. The second-order valence-electron chi connectivity index (χ2n) is 5.07. The minimum Gasteiger partial charge on any atom is -0.497 e. The van der Waals surface area contributed by atoms with Crippen LogP contribution >= 0.6 is 0 Å². The van der Waals surface area contributed by atoms with E-state index in [1.54, 1.807) is 7.11 Å². The summed E-state index contributed by atoms with van der Waals surface area (Å²) in [5, 5.41) is 0. The first-order valence-electron chi connectivity index (χ1n) is 6.37. The van der Waals surface area contributed by atoms with Gasteiger partial charge in [-0.2, -0.15) is 0 Å². The first-order valence-corrected chi connectivity index (χ1v) is 6.37. The Labute approximate surface area is 101 Å². The summed E-state index contributed by atoms with van der Waals surface area (Å²) in [6, 6.07) is 4.12. The van der Waals surface area contributed by atoms with Crippen molar-refractivity contribution in [3.63, 3.8) is 0 Å². The Kier molecular flexibility index (Phi) is 2.79. The number of hydrogen-bond acceptors (Lipinski definition) is 2. The minimum absolute atomic E-state index is 0.108. The Morgan fingerprint density at radius 3 is 3.06 bits per heavy atom. The molecule has 0 amide bonds. The van der Waals surface area contributed by atoms with E-state index in [1.165, 1.54) is 25.3 Å². The number of fused-ring (bicyclic) bond motifs is 2. The summed E-state index contributed by atoms with van der Waals surface area (Å²) in [6.07, 6.45) is 4.79. The maximum Gasteiger partial charge on any atom is 0.131 e. The predicted octanol–water partition coefficient (Wildman–Crippen LogP) is 2.74. The van der Waals surface area contributed by atoms with E-state index in [0.717, 1.165) is 30.6 Å². The molecule has 0 aromatic heterocycles. The lowest BCUT2D eigenvalue weighted by Crippen LogP contribution is -2.43. The van der Waals surface area contributed by atoms with Crippen molar-refractivity contribution in [1.29, 1.82) is 0 Å². The molecule has 2 aliphatic rings. The fourth-order valence-electron chi connectivity index (χ4n) is 3.10. The first-order chi connectivity index (χ1) is 8.28. The highest BCUT2D eigenvalue weighted by Crippen LogP contribution is 2.32. The van der Waals surface area contributed by atoms with Crippen molar-refractivity contribution in [2.45, 2.75) is 38.3 Å². The third kappa shape index (κ3) is 1.93. The Balaban J connectivity index is 1.96. The number of nitrogens with zero attached hydrogens (tertiary/aromatic N) is 1. The van der Waals surface area contributed by atoms with Crippen LogP contribution in [0.15, 0.2) is 12.1 Å². The first kappa shape index (κ1) is 11.0. The zero-order chi connectivity index (χ0) is 11.8. The lowest BCUT2D eigenvalue weighted by Gasteiger charge is -2.40. The minimum atomic E-state index is -0.108. The highest BCUT2D eigenvalue weighted by Gasteiger charge is 2.30. The van der Waals surface area contributed by atoms with Crippen LogP contribution in [0, 0.1) is 5.82 Å². The van der Waals surface area contributed by atoms with Crippen LogP contribution in [0.5, 0.6) is 5.75 Å². The fourth-order valence-corrected chi connectivity index (χ4v) is 3.10. The Morgan fingerprint density at radius 1 is 1.35 bits per heavy atom. The zero-order valence-electron chi connectivity index (χ0n) is 10.2. The molecule has 1 saturated heterocycles. The van der Waals surface area contributed by atoms with Crippen LogP contribution in [0.4, 0.5) is 4.39 Å². The van der Waals surface area contributed by atoms with Crippen LogP contribution in [0.1, 0.15) is 30.4 Å². The van der Waals surface area contributed by atoms with Crippen molar-refractivity contribution in [1.82, 2.24) is 4.90 Å². The molecule has 1 aromatic rings. The van der Waals surface area contributed by atoms with E-state index < -0.39 is 0 Å². The quantitative estimate of drug-likeness (QED) is 0.742. The molecule has 1 atom stereocenters. The van der Waals surface area contributed by atoms with Crippen LogP contribution in [0.2, 0.25) is 0 Å². The lowest BCUT2D eigenvalue weighted by atomic mass is 9.88. The molecule has 0 saturated carbocycles. The molecule has 1 fully saturated rings. The fraction of sp³-hybridized carbons (Fsp3) is 0.571. The molecule has 92 valence electrons. The van der Waals surface area contributed by atoms with Gasteiger partial charge < -0.3 is 4.74 Å². The van der Waals surface area contributed by atoms with Crippen LogP contribution in [-0.4, -0.2) is 24.6 Å². The topological polar surface area (TPSA) is 12.5 Å². The van der Waals surface area contributed by atoms with E-state index >= 15 is 0 Å². The average Bonchev–Trinajstić information content (AvgIpc) is 2.36. The maximum absolute atomic E-state index is 14.0. The summed E-state index contributed by atoms with van der Waals surface area (Å²) in [5.41, 5.74) is 2.02. The van der Waals surface area contributed by atoms with Crippen molar-refractivity contribution in [2.75, 3.05) is 13.7 Å². The SMILES string of the molecule is COc1cc(F)c2c(c1)CC1CCCCN1C2. The van der Waals surface area contributed by atoms with Gasteiger partial charge in [0.05, 0.1) is 7.11 Å². The zero-order valence-corrected chi connectivity index (χ0v) is 10.2. The maximum atomic E-state index is 14.0. The molecule has 0 N–H and O–H groups in total. The molecule has 1 aromatic carbocycles. The van der Waals surface area contributed by atoms with Gasteiger partial charge in [-0.3, -0.25) is 4.90 Å². The summed E-state index contributed by atoms with van der Waals surface area (Å²) in [6.45, 7) is 1.89. The molecule has 1 unspecified atom stereocenters. The van der Waals surface area contributed by atoms with Gasteiger partial charge in [-0.25, -0.2) is 4.39 Å². The summed E-state index contributed by atoms with van der Waals surface area (Å²) in [7, 11) is 1.59. The molecule has 3 rings (SSSR count). The average molecular weight is 235 g/mol. The van der Waals surface area contributed by atoms with E-state index in [-0.39, 0.29) is 5.82 Å². The molecule has 0 bridgehead atoms. The number of hydrogen-bond donors (Lipinski definition) is 0. The van der Waals surface area contributed by atoms with Gasteiger partial charge in [0.15, 0.2) is 0 Å². The second-order valence-corrected chi connectivity index (χ2v) is 5.07. The highest BCUT2D eigenvalue weighted by atomic mass is 19.1. The Morgan fingerprint density at radius 2 is 2.24 bits per heavy atom. The van der Waals surface area contributed by atoms with Gasteiger partial charge in [-0.15, -0.1) is 0 Å². The number of piperidine rings is 1. The standard InChI is InChI=1S/C14H18FNO/c1-17-12-7-10-6-11-4-2-3-5-16(11)9-13(10)14(15)8-12/h7-8,11H,2-6,9H2,1H3. The normalized spacial score (nSPS) is 24.0. The van der Waals surface area contributed by atoms with Crippen molar-refractivity contribution in [3.8, 4) is 5.75 Å². The summed E-state index contributed by atoms with van der Waals surface area (Å²) in [5.74, 6) is 0.536. The van der Waals surface area contributed by atoms with Crippen molar-refractivity contribution in [3.05, 3.63) is 29.1 Å². The van der Waals surface area contributed by atoms with E-state index in [9.17, 15) is 4.39 Å². The van der Waals surface area contributed by atoms with Gasteiger partial charge in [0.2, 0.25) is 0 Å². The Hall–Kier alpha value is -1.09. The lowest BCUT2D eigenvalue weighted by molar-refractivity contribution is 0.125. The van der Waals surface area contributed by atoms with Gasteiger partial charge in [-0.1, -0.05) is 6.42 Å². The number of benzene rings is 1. The van der Waals surface area contributed by atoms with Crippen LogP contribution in [0.3, 0.4) is 0 Å². The van der Waals surface area contributed by atoms with Crippen LogP contribution < -0.4 is 4.74 Å². The van der Waals surface area contributed by atoms with Crippen LogP contribution in [0.25, 0.3) is 0 Å². The Bertz CT molecular complexity index is 432. The van der Waals surface area contributed by atoms with Gasteiger partial charge in [0.1, 0.15) is 11.6 Å². The number of ether oxygens (including phenoxy) is 1. The van der Waals surface area contributed by atoms with Gasteiger partial charge in [0, 0.05) is 24.2 Å². The van der Waals surface area contributed by atoms with Gasteiger partial charge >= 0.3 is 0 Å². The summed E-state index contributed by atoms with van der Waals surface area (Å²) < 4.78 is 19.1. The third-order valence-electron chi connectivity index (χ3n) is 4.06. The van der Waals surface area contributed by atoms with Gasteiger partial charge in [0.25, 0.3) is 0 Å². The molecule has 0 aliphatic carbocycles. The highest BCUT2D eigenvalue weighted by molar-refractivity contribution is 5.39. The van der Waals surface area contributed by atoms with Crippen molar-refractivity contribution in [2.24, 2.45) is 0 Å². The van der Waals surface area contributed by atoms with Crippen molar-refractivity contribution >= 4 is 0 Å². The molecule has 0 radical (unpaired) electrons. The largest absolute Gasteiger partial charge is 0.497 e.